The van der Waals surface area contributed by atoms with Crippen LogP contribution in [0.5, 0.6) is 11.5 Å². The second-order valence-electron chi connectivity index (χ2n) is 6.12. The molecule has 2 aromatic rings. The van der Waals surface area contributed by atoms with Crippen molar-refractivity contribution in [3.05, 3.63) is 57.1 Å². The van der Waals surface area contributed by atoms with E-state index in [2.05, 4.69) is 17.4 Å². The van der Waals surface area contributed by atoms with Gasteiger partial charge in [0.2, 0.25) is 0 Å². The molecule has 0 saturated heterocycles. The summed E-state index contributed by atoms with van der Waals surface area (Å²) in [6, 6.07) is 8.94. The lowest BCUT2D eigenvalue weighted by Gasteiger charge is -2.28. The number of carbonyl (C=O) groups is 1. The van der Waals surface area contributed by atoms with E-state index in [0.29, 0.717) is 22.4 Å². The van der Waals surface area contributed by atoms with Crippen LogP contribution in [0.25, 0.3) is 0 Å². The van der Waals surface area contributed by atoms with E-state index in [1.807, 2.05) is 13.8 Å². The minimum Gasteiger partial charge on any atom is -0.493 e. The van der Waals surface area contributed by atoms with Crippen LogP contribution in [0, 0.1) is 13.8 Å². The molecule has 0 aromatic heterocycles. The predicted octanol–water partition coefficient (Wildman–Crippen LogP) is 4.63. The van der Waals surface area contributed by atoms with Gasteiger partial charge in [-0.05, 0) is 31.5 Å². The van der Waals surface area contributed by atoms with Crippen LogP contribution in [0.15, 0.2) is 30.3 Å². The molecule has 0 fully saturated rings. The van der Waals surface area contributed by atoms with Crippen LogP contribution in [-0.2, 0) is 4.79 Å². The zero-order valence-corrected chi connectivity index (χ0v) is 15.6. The van der Waals surface area contributed by atoms with E-state index in [4.69, 9.17) is 32.7 Å². The molecule has 1 unspecified atom stereocenters. The molecule has 25 heavy (non-hydrogen) atoms. The average molecular weight is 380 g/mol. The van der Waals surface area contributed by atoms with E-state index in [-0.39, 0.29) is 18.6 Å². The van der Waals surface area contributed by atoms with Crippen molar-refractivity contribution in [2.45, 2.75) is 26.3 Å². The minimum atomic E-state index is -0.215. The third-order valence-electron chi connectivity index (χ3n) is 4.06. The highest BCUT2D eigenvalue weighted by Gasteiger charge is 2.24. The van der Waals surface area contributed by atoms with Gasteiger partial charge in [-0.2, -0.15) is 0 Å². The van der Waals surface area contributed by atoms with E-state index < -0.39 is 0 Å². The zero-order valence-electron chi connectivity index (χ0n) is 14.1. The van der Waals surface area contributed by atoms with Crippen LogP contribution in [-0.4, -0.2) is 19.1 Å². The van der Waals surface area contributed by atoms with Gasteiger partial charge in [0.15, 0.2) is 6.61 Å². The van der Waals surface area contributed by atoms with Crippen LogP contribution < -0.4 is 14.8 Å². The molecule has 1 N–H and O–H groups in total. The van der Waals surface area contributed by atoms with Crippen molar-refractivity contribution < 1.29 is 14.3 Å². The van der Waals surface area contributed by atoms with Crippen molar-refractivity contribution in [3.8, 4) is 11.5 Å². The number of rotatable bonds is 4. The lowest BCUT2D eigenvalue weighted by atomic mass is 9.95. The lowest BCUT2D eigenvalue weighted by molar-refractivity contribution is -0.124. The molecule has 1 amide bonds. The van der Waals surface area contributed by atoms with Crippen molar-refractivity contribution in [2.75, 3.05) is 13.2 Å². The van der Waals surface area contributed by atoms with Gasteiger partial charge in [-0.3, -0.25) is 4.79 Å². The Kier molecular flexibility index (Phi) is 5.40. The van der Waals surface area contributed by atoms with Gasteiger partial charge in [-0.15, -0.1) is 0 Å². The summed E-state index contributed by atoms with van der Waals surface area (Å²) in [6.45, 7) is 4.49. The largest absolute Gasteiger partial charge is 0.493 e. The maximum atomic E-state index is 12.3. The van der Waals surface area contributed by atoms with Crippen LogP contribution in [0.1, 0.15) is 29.2 Å². The number of fused-ring (bicyclic) bond motifs is 1. The van der Waals surface area contributed by atoms with Crippen LogP contribution in [0.4, 0.5) is 0 Å². The monoisotopic (exact) mass is 379 g/mol. The first-order chi connectivity index (χ1) is 11.9. The van der Waals surface area contributed by atoms with Gasteiger partial charge in [0.1, 0.15) is 11.5 Å². The van der Waals surface area contributed by atoms with Crippen molar-refractivity contribution in [1.29, 1.82) is 0 Å². The molecule has 3 rings (SSSR count). The van der Waals surface area contributed by atoms with Crippen molar-refractivity contribution in [2.24, 2.45) is 0 Å². The zero-order chi connectivity index (χ0) is 18.0. The average Bonchev–Trinajstić information content (AvgIpc) is 2.56. The Morgan fingerprint density at radius 2 is 2.08 bits per heavy atom. The SMILES string of the molecule is Cc1cc(C)c2c(c1)C(NC(=O)COc1cc(Cl)ccc1Cl)CCO2. The number of amides is 1. The molecule has 0 saturated carbocycles. The van der Waals surface area contributed by atoms with E-state index >= 15 is 0 Å². The first-order valence-corrected chi connectivity index (χ1v) is 8.81. The molecule has 1 aliphatic heterocycles. The Labute approximate surface area is 157 Å². The molecule has 0 bridgehead atoms. The highest BCUT2D eigenvalue weighted by Crippen LogP contribution is 2.35. The van der Waals surface area contributed by atoms with Crippen LogP contribution in [0.3, 0.4) is 0 Å². The fourth-order valence-electron chi connectivity index (χ4n) is 2.99. The lowest BCUT2D eigenvalue weighted by Crippen LogP contribution is -2.35. The summed E-state index contributed by atoms with van der Waals surface area (Å²) >= 11 is 12.0. The van der Waals surface area contributed by atoms with Gasteiger partial charge in [0.25, 0.3) is 5.91 Å². The summed E-state index contributed by atoms with van der Waals surface area (Å²) in [6.07, 6.45) is 0.722. The van der Waals surface area contributed by atoms with Crippen LogP contribution >= 0.6 is 23.2 Å². The van der Waals surface area contributed by atoms with E-state index in [0.717, 1.165) is 28.9 Å². The van der Waals surface area contributed by atoms with E-state index in [1.54, 1.807) is 18.2 Å². The predicted molar refractivity (Wildman–Crippen MR) is 98.9 cm³/mol. The molecule has 2 aromatic carbocycles. The Morgan fingerprint density at radius 3 is 2.88 bits per heavy atom. The Hall–Kier alpha value is -1.91. The van der Waals surface area contributed by atoms with Gasteiger partial charge in [0, 0.05) is 23.1 Å². The Morgan fingerprint density at radius 1 is 1.28 bits per heavy atom. The topological polar surface area (TPSA) is 47.6 Å². The van der Waals surface area contributed by atoms with Gasteiger partial charge in [-0.1, -0.05) is 40.9 Å². The summed E-state index contributed by atoms with van der Waals surface area (Å²) in [4.78, 5) is 12.3. The fraction of sp³-hybridized carbons (Fsp3) is 0.316. The third-order valence-corrected chi connectivity index (χ3v) is 4.61. The quantitative estimate of drug-likeness (QED) is 0.842. The van der Waals surface area contributed by atoms with E-state index in [9.17, 15) is 4.79 Å². The third kappa shape index (κ3) is 4.20. The number of aryl methyl sites for hydroxylation is 2. The molecule has 6 heteroatoms. The first-order valence-electron chi connectivity index (χ1n) is 8.05. The smallest absolute Gasteiger partial charge is 0.258 e. The molecule has 0 radical (unpaired) electrons. The molecule has 1 aliphatic rings. The summed E-state index contributed by atoms with van der Waals surface area (Å²) in [7, 11) is 0. The molecule has 1 atom stereocenters. The Balaban J connectivity index is 1.67. The molecular formula is C19H19Cl2NO3. The van der Waals surface area contributed by atoms with Gasteiger partial charge in [-0.25, -0.2) is 0 Å². The van der Waals surface area contributed by atoms with Gasteiger partial charge in [0.05, 0.1) is 17.7 Å². The van der Waals surface area contributed by atoms with Crippen molar-refractivity contribution >= 4 is 29.1 Å². The van der Waals surface area contributed by atoms with E-state index in [1.165, 1.54) is 0 Å². The number of halogens is 2. The van der Waals surface area contributed by atoms with Gasteiger partial charge >= 0.3 is 0 Å². The van der Waals surface area contributed by atoms with Crippen LogP contribution in [0.2, 0.25) is 10.0 Å². The van der Waals surface area contributed by atoms with Gasteiger partial charge < -0.3 is 14.8 Å². The number of benzene rings is 2. The molecule has 4 nitrogen and oxygen atoms in total. The summed E-state index contributed by atoms with van der Waals surface area (Å²) in [5.74, 6) is 1.04. The summed E-state index contributed by atoms with van der Waals surface area (Å²) in [5, 5.41) is 3.93. The number of hydrogen-bond donors (Lipinski definition) is 1. The Bertz CT molecular complexity index is 807. The normalized spacial score (nSPS) is 15.9. The molecule has 1 heterocycles. The molecular weight excluding hydrogens is 361 g/mol. The second-order valence-corrected chi connectivity index (χ2v) is 6.96. The fourth-order valence-corrected chi connectivity index (χ4v) is 3.33. The number of carbonyl (C=O) groups excluding carboxylic acids is 1. The molecule has 0 spiro atoms. The second kappa shape index (κ2) is 7.54. The number of hydrogen-bond acceptors (Lipinski definition) is 3. The van der Waals surface area contributed by atoms with Crippen molar-refractivity contribution in [3.63, 3.8) is 0 Å². The summed E-state index contributed by atoms with van der Waals surface area (Å²) < 4.78 is 11.3. The minimum absolute atomic E-state index is 0.0896. The first kappa shape index (κ1) is 17.9. The maximum Gasteiger partial charge on any atom is 0.258 e. The molecule has 132 valence electrons. The number of nitrogens with one attached hydrogen (secondary N) is 1. The van der Waals surface area contributed by atoms with Crippen molar-refractivity contribution in [1.82, 2.24) is 5.32 Å². The number of ether oxygens (including phenoxy) is 2. The highest BCUT2D eigenvalue weighted by molar-refractivity contribution is 6.34. The highest BCUT2D eigenvalue weighted by atomic mass is 35.5. The maximum absolute atomic E-state index is 12.3. The standard InChI is InChI=1S/C19H19Cl2NO3/c1-11-7-12(2)19-14(8-11)16(5-6-24-19)22-18(23)10-25-17-9-13(20)3-4-15(17)21/h3-4,7-9,16H,5-6,10H2,1-2H3,(H,22,23). The summed E-state index contributed by atoms with van der Waals surface area (Å²) in [5.41, 5.74) is 3.23. The molecule has 0 aliphatic carbocycles.